The number of nitrogens with zero attached hydrogens (tertiary/aromatic N) is 3. The van der Waals surface area contributed by atoms with Crippen molar-refractivity contribution in [3.05, 3.63) is 47.7 Å². The third kappa shape index (κ3) is 3.93. The summed E-state index contributed by atoms with van der Waals surface area (Å²) in [6.07, 6.45) is 1.12. The summed E-state index contributed by atoms with van der Waals surface area (Å²) in [6, 6.07) is 9.45. The van der Waals surface area contributed by atoms with Crippen LogP contribution in [0.3, 0.4) is 0 Å². The number of nitriles is 1. The average Bonchev–Trinajstić information content (AvgIpc) is 3.05. The first-order valence-electron chi connectivity index (χ1n) is 9.38. The molecule has 0 saturated heterocycles. The minimum atomic E-state index is -4.12. The maximum Gasteiger partial charge on any atom is 0.242 e. The van der Waals surface area contributed by atoms with Gasteiger partial charge in [-0.1, -0.05) is 12.1 Å². The molecule has 0 bridgehead atoms. The normalized spacial score (nSPS) is 12.1. The molecule has 6 nitrogen and oxygen atoms in total. The highest BCUT2D eigenvalue weighted by molar-refractivity contribution is 7.89. The van der Waals surface area contributed by atoms with E-state index in [1.165, 1.54) is 12.1 Å². The van der Waals surface area contributed by atoms with Crippen LogP contribution in [0.4, 0.5) is 8.78 Å². The fourth-order valence-corrected chi connectivity index (χ4v) is 4.53. The molecule has 0 radical (unpaired) electrons. The molecule has 0 spiro atoms. The van der Waals surface area contributed by atoms with E-state index in [1.807, 2.05) is 48.3 Å². The van der Waals surface area contributed by atoms with Gasteiger partial charge in [-0.25, -0.2) is 21.9 Å². The Balaban J connectivity index is 2.13. The third-order valence-corrected chi connectivity index (χ3v) is 6.28. The zero-order valence-corrected chi connectivity index (χ0v) is 17.7. The number of hydrogen-bond acceptors (Lipinski definition) is 4. The van der Waals surface area contributed by atoms with E-state index in [-0.39, 0.29) is 10.9 Å². The molecule has 30 heavy (non-hydrogen) atoms. The Morgan fingerprint density at radius 1 is 1.20 bits per heavy atom. The van der Waals surface area contributed by atoms with E-state index in [1.54, 1.807) is 0 Å². The Labute approximate surface area is 174 Å². The van der Waals surface area contributed by atoms with Crippen molar-refractivity contribution in [1.82, 2.24) is 14.3 Å². The van der Waals surface area contributed by atoms with Crippen molar-refractivity contribution in [1.29, 1.82) is 5.26 Å². The van der Waals surface area contributed by atoms with Crippen molar-refractivity contribution >= 4 is 20.9 Å². The van der Waals surface area contributed by atoms with Crippen LogP contribution >= 0.6 is 0 Å². The molecule has 0 amide bonds. The first-order chi connectivity index (χ1) is 14.2. The summed E-state index contributed by atoms with van der Waals surface area (Å²) in [5.41, 5.74) is 3.42. The maximum absolute atomic E-state index is 12.7. The number of hydrogen-bond donors (Lipinski definition) is 1. The van der Waals surface area contributed by atoms with Gasteiger partial charge in [0.25, 0.3) is 0 Å². The van der Waals surface area contributed by atoms with Crippen molar-refractivity contribution in [2.75, 3.05) is 13.3 Å². The van der Waals surface area contributed by atoms with Crippen LogP contribution in [0.1, 0.15) is 31.0 Å². The molecule has 0 unspecified atom stereocenters. The zero-order chi connectivity index (χ0) is 22.1. The molecule has 3 aromatic rings. The molecule has 1 N–H and O–H groups in total. The van der Waals surface area contributed by atoms with Gasteiger partial charge in [0.15, 0.2) is 0 Å². The Morgan fingerprint density at radius 3 is 2.43 bits per heavy atom. The molecule has 9 heteroatoms. The Kier molecular flexibility index (Phi) is 6.19. The fourth-order valence-electron chi connectivity index (χ4n) is 3.39. The molecule has 0 fully saturated rings. The highest BCUT2D eigenvalue weighted by atomic mass is 32.2. The molecule has 0 aliphatic heterocycles. The standard InChI is InChI=1S/C21H22F2N4O2S/c1-13(2)27-20-8-14(3)4-6-17(20)18(11-24)21(27)19-7-5-16(12-25-19)30(28,29)26-15(9-22)10-23/h4-8,12-13,15,26H,9-10H2,1-3H3. The predicted molar refractivity (Wildman–Crippen MR) is 111 cm³/mol. The van der Waals surface area contributed by atoms with E-state index in [0.29, 0.717) is 17.0 Å². The molecule has 0 aliphatic rings. The van der Waals surface area contributed by atoms with Crippen LogP contribution in [-0.2, 0) is 10.0 Å². The van der Waals surface area contributed by atoms with Crippen molar-refractivity contribution < 1.29 is 17.2 Å². The second kappa shape index (κ2) is 8.50. The minimum Gasteiger partial charge on any atom is -0.336 e. The summed E-state index contributed by atoms with van der Waals surface area (Å²) in [7, 11) is -4.12. The quantitative estimate of drug-likeness (QED) is 0.610. The number of benzene rings is 1. The Morgan fingerprint density at radius 2 is 1.90 bits per heavy atom. The summed E-state index contributed by atoms with van der Waals surface area (Å²) < 4.78 is 54.1. The predicted octanol–water partition coefficient (Wildman–Crippen LogP) is 4.05. The monoisotopic (exact) mass is 432 g/mol. The molecule has 158 valence electrons. The third-order valence-electron chi connectivity index (χ3n) is 4.77. The van der Waals surface area contributed by atoms with Gasteiger partial charge in [-0.15, -0.1) is 0 Å². The second-order valence-corrected chi connectivity index (χ2v) is 9.04. The average molecular weight is 432 g/mol. The van der Waals surface area contributed by atoms with Gasteiger partial charge in [-0.05, 0) is 44.5 Å². The SMILES string of the molecule is Cc1ccc2c(C#N)c(-c3ccc(S(=O)(=O)NC(CF)CF)cn3)n(C(C)C)c2c1. The van der Waals surface area contributed by atoms with E-state index >= 15 is 0 Å². The van der Waals surface area contributed by atoms with Crippen molar-refractivity contribution in [3.8, 4) is 17.5 Å². The zero-order valence-electron chi connectivity index (χ0n) is 16.9. The summed E-state index contributed by atoms with van der Waals surface area (Å²) >= 11 is 0. The summed E-state index contributed by atoms with van der Waals surface area (Å²) in [5, 5.41) is 10.6. The van der Waals surface area contributed by atoms with Crippen LogP contribution in [0.25, 0.3) is 22.3 Å². The van der Waals surface area contributed by atoms with Crippen LogP contribution in [0, 0.1) is 18.3 Å². The van der Waals surface area contributed by atoms with Crippen molar-refractivity contribution in [2.24, 2.45) is 0 Å². The number of aryl methyl sites for hydroxylation is 1. The van der Waals surface area contributed by atoms with Gasteiger partial charge < -0.3 is 4.57 Å². The van der Waals surface area contributed by atoms with E-state index in [0.717, 1.165) is 22.7 Å². The molecule has 2 aromatic heterocycles. The van der Waals surface area contributed by atoms with E-state index in [9.17, 15) is 22.5 Å². The lowest BCUT2D eigenvalue weighted by Gasteiger charge is -2.15. The van der Waals surface area contributed by atoms with Crippen LogP contribution < -0.4 is 4.72 Å². The van der Waals surface area contributed by atoms with Crippen LogP contribution in [0.2, 0.25) is 0 Å². The highest BCUT2D eigenvalue weighted by Gasteiger charge is 2.24. The van der Waals surface area contributed by atoms with Crippen LogP contribution in [0.15, 0.2) is 41.4 Å². The maximum atomic E-state index is 12.7. The Bertz CT molecular complexity index is 1210. The number of fused-ring (bicyclic) bond motifs is 1. The van der Waals surface area contributed by atoms with Crippen molar-refractivity contribution in [3.63, 3.8) is 0 Å². The van der Waals surface area contributed by atoms with E-state index < -0.39 is 29.4 Å². The molecular formula is C21H22F2N4O2S. The summed E-state index contributed by atoms with van der Waals surface area (Å²) in [5.74, 6) is 0. The molecule has 1 aromatic carbocycles. The van der Waals surface area contributed by atoms with Crippen molar-refractivity contribution in [2.45, 2.75) is 37.8 Å². The number of nitrogens with one attached hydrogen (secondary N) is 1. The van der Waals surface area contributed by atoms with Gasteiger partial charge in [0.2, 0.25) is 10.0 Å². The van der Waals surface area contributed by atoms with Gasteiger partial charge in [0.05, 0.1) is 28.5 Å². The van der Waals surface area contributed by atoms with Crippen LogP contribution in [-0.4, -0.2) is 37.4 Å². The number of halogens is 2. The molecule has 0 saturated carbocycles. The largest absolute Gasteiger partial charge is 0.336 e. The number of pyridine rings is 1. The molecular weight excluding hydrogens is 410 g/mol. The highest BCUT2D eigenvalue weighted by Crippen LogP contribution is 2.35. The lowest BCUT2D eigenvalue weighted by Crippen LogP contribution is -2.37. The van der Waals surface area contributed by atoms with Gasteiger partial charge >= 0.3 is 0 Å². The first-order valence-corrected chi connectivity index (χ1v) is 10.9. The first kappa shape index (κ1) is 21.9. The van der Waals surface area contributed by atoms with E-state index in [4.69, 9.17) is 0 Å². The lowest BCUT2D eigenvalue weighted by atomic mass is 10.1. The van der Waals surface area contributed by atoms with Gasteiger partial charge in [0, 0.05) is 17.6 Å². The fraction of sp³-hybridized carbons (Fsp3) is 0.333. The second-order valence-electron chi connectivity index (χ2n) is 7.33. The minimum absolute atomic E-state index is 0.0214. The Hall–Kier alpha value is -2.83. The smallest absolute Gasteiger partial charge is 0.242 e. The van der Waals surface area contributed by atoms with Crippen LogP contribution in [0.5, 0.6) is 0 Å². The lowest BCUT2D eigenvalue weighted by molar-refractivity contribution is 0.334. The van der Waals surface area contributed by atoms with E-state index in [2.05, 4.69) is 11.1 Å². The molecule has 0 aliphatic carbocycles. The number of rotatable bonds is 7. The van der Waals surface area contributed by atoms with Gasteiger partial charge in [-0.3, -0.25) is 4.98 Å². The summed E-state index contributed by atoms with van der Waals surface area (Å²) in [4.78, 5) is 4.06. The molecule has 2 heterocycles. The number of aromatic nitrogens is 2. The number of alkyl halides is 2. The van der Waals surface area contributed by atoms with Gasteiger partial charge in [0.1, 0.15) is 24.3 Å². The summed E-state index contributed by atoms with van der Waals surface area (Å²) in [6.45, 7) is 3.64. The molecule has 3 rings (SSSR count). The molecule has 0 atom stereocenters. The number of sulfonamides is 1. The topological polar surface area (TPSA) is 87.8 Å². The van der Waals surface area contributed by atoms with Gasteiger partial charge in [-0.2, -0.15) is 5.26 Å².